The number of fused-ring (bicyclic) bond motifs is 1. The number of aromatic nitrogens is 2. The van der Waals surface area contributed by atoms with Gasteiger partial charge in [0.2, 0.25) is 5.95 Å². The summed E-state index contributed by atoms with van der Waals surface area (Å²) in [7, 11) is 0. The maximum absolute atomic E-state index is 13.1. The highest BCUT2D eigenvalue weighted by atomic mass is 16.2. The first-order valence-electron chi connectivity index (χ1n) is 9.71. The van der Waals surface area contributed by atoms with E-state index in [4.69, 9.17) is 0 Å². The number of nitrogens with one attached hydrogen (secondary N) is 1. The molecule has 5 nitrogen and oxygen atoms in total. The minimum absolute atomic E-state index is 0.0900. The van der Waals surface area contributed by atoms with Crippen molar-refractivity contribution in [2.24, 2.45) is 0 Å². The zero-order valence-electron chi connectivity index (χ0n) is 16.2. The minimum Gasteiger partial charge on any atom is -0.324 e. The molecule has 0 radical (unpaired) electrons. The van der Waals surface area contributed by atoms with Crippen LogP contribution in [0, 0.1) is 0 Å². The van der Waals surface area contributed by atoms with Crippen LogP contribution in [-0.4, -0.2) is 22.4 Å². The summed E-state index contributed by atoms with van der Waals surface area (Å²) in [5.41, 5.74) is 4.76. The second-order valence-corrected chi connectivity index (χ2v) is 7.36. The molecule has 3 aromatic rings. The number of carbonyl (C=O) groups excluding carboxylic acids is 1. The number of hydrogen-bond donors (Lipinski definition) is 1. The standard InChI is InChI=1S/C23H24N4O/c1-16(2)17-9-11-19(12-10-17)25-23-24-14-13-20(26-23)22(28)27-15-5-7-18-6-3-4-8-21(18)27/h3-4,6,8-14,16H,5,7,15H2,1-2H3,(H,24,25,26). The summed E-state index contributed by atoms with van der Waals surface area (Å²) < 4.78 is 0. The Bertz CT molecular complexity index is 982. The van der Waals surface area contributed by atoms with Gasteiger partial charge in [0.25, 0.3) is 5.91 Å². The largest absolute Gasteiger partial charge is 0.324 e. The topological polar surface area (TPSA) is 58.1 Å². The van der Waals surface area contributed by atoms with Crippen LogP contribution in [0.4, 0.5) is 17.3 Å². The first-order valence-corrected chi connectivity index (χ1v) is 9.71. The minimum atomic E-state index is -0.0900. The Kier molecular flexibility index (Phi) is 5.06. The normalized spacial score (nSPS) is 13.3. The van der Waals surface area contributed by atoms with Crippen molar-refractivity contribution in [3.05, 3.63) is 77.6 Å². The van der Waals surface area contributed by atoms with Crippen LogP contribution in [0.5, 0.6) is 0 Å². The number of para-hydroxylation sites is 1. The molecular weight excluding hydrogens is 348 g/mol. The van der Waals surface area contributed by atoms with Crippen LogP contribution in [0.15, 0.2) is 60.8 Å². The molecule has 0 fully saturated rings. The fraction of sp³-hybridized carbons (Fsp3) is 0.261. The van der Waals surface area contributed by atoms with E-state index in [2.05, 4.69) is 47.3 Å². The molecule has 2 aromatic carbocycles. The lowest BCUT2D eigenvalue weighted by molar-refractivity contribution is 0.0980. The van der Waals surface area contributed by atoms with E-state index >= 15 is 0 Å². The van der Waals surface area contributed by atoms with Gasteiger partial charge in [-0.1, -0.05) is 44.2 Å². The van der Waals surface area contributed by atoms with Crippen molar-refractivity contribution in [1.29, 1.82) is 0 Å². The molecular formula is C23H24N4O. The highest BCUT2D eigenvalue weighted by Gasteiger charge is 2.24. The Hall–Kier alpha value is -3.21. The zero-order chi connectivity index (χ0) is 19.5. The zero-order valence-corrected chi connectivity index (χ0v) is 16.2. The highest BCUT2D eigenvalue weighted by Crippen LogP contribution is 2.28. The molecule has 1 aromatic heterocycles. The molecule has 1 amide bonds. The first kappa shape index (κ1) is 18.2. The van der Waals surface area contributed by atoms with E-state index in [9.17, 15) is 4.79 Å². The molecule has 142 valence electrons. The van der Waals surface area contributed by atoms with E-state index in [1.807, 2.05) is 35.2 Å². The second-order valence-electron chi connectivity index (χ2n) is 7.36. The molecule has 1 N–H and O–H groups in total. The monoisotopic (exact) mass is 372 g/mol. The molecule has 0 atom stereocenters. The average molecular weight is 372 g/mol. The number of nitrogens with zero attached hydrogens (tertiary/aromatic N) is 3. The van der Waals surface area contributed by atoms with Crippen LogP contribution in [-0.2, 0) is 6.42 Å². The summed E-state index contributed by atoms with van der Waals surface area (Å²) in [4.78, 5) is 23.6. The predicted molar refractivity (Wildman–Crippen MR) is 112 cm³/mol. The van der Waals surface area contributed by atoms with Crippen molar-refractivity contribution in [3.8, 4) is 0 Å². The van der Waals surface area contributed by atoms with E-state index in [-0.39, 0.29) is 5.91 Å². The fourth-order valence-corrected chi connectivity index (χ4v) is 3.50. The molecule has 2 heterocycles. The van der Waals surface area contributed by atoms with Crippen LogP contribution in [0.3, 0.4) is 0 Å². The molecule has 4 rings (SSSR count). The van der Waals surface area contributed by atoms with Gasteiger partial charge in [0, 0.05) is 24.1 Å². The van der Waals surface area contributed by atoms with E-state index in [0.717, 1.165) is 24.2 Å². The van der Waals surface area contributed by atoms with Gasteiger partial charge in [0.15, 0.2) is 0 Å². The highest BCUT2D eigenvalue weighted by molar-refractivity contribution is 6.05. The summed E-state index contributed by atoms with van der Waals surface area (Å²) in [5.74, 6) is 0.819. The number of hydrogen-bond acceptors (Lipinski definition) is 4. The maximum Gasteiger partial charge on any atom is 0.277 e. The van der Waals surface area contributed by atoms with Gasteiger partial charge in [-0.3, -0.25) is 4.79 Å². The van der Waals surface area contributed by atoms with Crippen molar-refractivity contribution in [1.82, 2.24) is 9.97 Å². The van der Waals surface area contributed by atoms with Crippen LogP contribution in [0.2, 0.25) is 0 Å². The van der Waals surface area contributed by atoms with Gasteiger partial charge in [-0.05, 0) is 54.2 Å². The lowest BCUT2D eigenvalue weighted by atomic mass is 10.0. The van der Waals surface area contributed by atoms with Crippen molar-refractivity contribution in [3.63, 3.8) is 0 Å². The molecule has 0 unspecified atom stereocenters. The fourth-order valence-electron chi connectivity index (χ4n) is 3.50. The van der Waals surface area contributed by atoms with Crippen molar-refractivity contribution >= 4 is 23.2 Å². The molecule has 0 aliphatic carbocycles. The van der Waals surface area contributed by atoms with Crippen molar-refractivity contribution in [2.45, 2.75) is 32.6 Å². The Morgan fingerprint density at radius 1 is 1.07 bits per heavy atom. The molecule has 0 spiro atoms. The Morgan fingerprint density at radius 3 is 2.64 bits per heavy atom. The Morgan fingerprint density at radius 2 is 1.86 bits per heavy atom. The number of carbonyl (C=O) groups is 1. The third-order valence-electron chi connectivity index (χ3n) is 5.06. The predicted octanol–water partition coefficient (Wildman–Crippen LogP) is 4.94. The second kappa shape index (κ2) is 7.80. The summed E-state index contributed by atoms with van der Waals surface area (Å²) in [5, 5.41) is 3.19. The van der Waals surface area contributed by atoms with Crippen LogP contribution >= 0.6 is 0 Å². The van der Waals surface area contributed by atoms with Crippen LogP contribution < -0.4 is 10.2 Å². The van der Waals surface area contributed by atoms with Gasteiger partial charge >= 0.3 is 0 Å². The molecule has 28 heavy (non-hydrogen) atoms. The van der Waals surface area contributed by atoms with Gasteiger partial charge in [-0.25, -0.2) is 9.97 Å². The molecule has 5 heteroatoms. The number of amides is 1. The van der Waals surface area contributed by atoms with Gasteiger partial charge in [-0.2, -0.15) is 0 Å². The SMILES string of the molecule is CC(C)c1ccc(Nc2nccc(C(=O)N3CCCc4ccccc43)n2)cc1. The maximum atomic E-state index is 13.1. The van der Waals surface area contributed by atoms with Crippen LogP contribution in [0.1, 0.15) is 47.8 Å². The van der Waals surface area contributed by atoms with Gasteiger partial charge in [-0.15, -0.1) is 0 Å². The third-order valence-corrected chi connectivity index (χ3v) is 5.06. The number of benzene rings is 2. The summed E-state index contributed by atoms with van der Waals surface area (Å²) in [6, 6.07) is 17.9. The van der Waals surface area contributed by atoms with E-state index in [1.165, 1.54) is 11.1 Å². The number of anilines is 3. The molecule has 0 bridgehead atoms. The number of aryl methyl sites for hydroxylation is 1. The summed E-state index contributed by atoms with van der Waals surface area (Å²) in [6.45, 7) is 5.04. The van der Waals surface area contributed by atoms with Gasteiger partial charge in [0.05, 0.1) is 0 Å². The van der Waals surface area contributed by atoms with Crippen LogP contribution in [0.25, 0.3) is 0 Å². The van der Waals surface area contributed by atoms with E-state index in [0.29, 0.717) is 24.1 Å². The Labute approximate surface area is 165 Å². The molecule has 0 saturated heterocycles. The summed E-state index contributed by atoms with van der Waals surface area (Å²) in [6.07, 6.45) is 3.59. The average Bonchev–Trinajstić information content (AvgIpc) is 2.73. The first-order chi connectivity index (χ1) is 13.6. The molecule has 0 saturated carbocycles. The summed E-state index contributed by atoms with van der Waals surface area (Å²) >= 11 is 0. The molecule has 1 aliphatic heterocycles. The van der Waals surface area contributed by atoms with E-state index in [1.54, 1.807) is 12.3 Å². The Balaban J connectivity index is 1.55. The lowest BCUT2D eigenvalue weighted by Gasteiger charge is -2.29. The van der Waals surface area contributed by atoms with Gasteiger partial charge < -0.3 is 10.2 Å². The third kappa shape index (κ3) is 3.74. The quantitative estimate of drug-likeness (QED) is 0.705. The smallest absolute Gasteiger partial charge is 0.277 e. The number of rotatable bonds is 4. The van der Waals surface area contributed by atoms with E-state index < -0.39 is 0 Å². The van der Waals surface area contributed by atoms with Gasteiger partial charge in [0.1, 0.15) is 5.69 Å². The molecule has 1 aliphatic rings. The lowest BCUT2D eigenvalue weighted by Crippen LogP contribution is -2.36. The van der Waals surface area contributed by atoms with Crippen molar-refractivity contribution in [2.75, 3.05) is 16.8 Å². The van der Waals surface area contributed by atoms with Crippen molar-refractivity contribution < 1.29 is 4.79 Å².